The van der Waals surface area contributed by atoms with Crippen LogP contribution in [0.2, 0.25) is 0 Å². The topological polar surface area (TPSA) is 55.1 Å². The molecule has 0 atom stereocenters. The number of amides is 1. The molecule has 1 N–H and O–H groups in total. The lowest BCUT2D eigenvalue weighted by atomic mass is 10.1. The minimum atomic E-state index is -0.380. The molecule has 4 rings (SSSR count). The maximum Gasteiger partial charge on any atom is 0.255 e. The third kappa shape index (κ3) is 3.07. The van der Waals surface area contributed by atoms with Crippen LogP contribution in [0, 0.1) is 12.7 Å². The average Bonchev–Trinajstić information content (AvgIpc) is 3.05. The molecule has 0 aliphatic rings. The first kappa shape index (κ1) is 16.0. The zero-order chi connectivity index (χ0) is 18.1. The Morgan fingerprint density at radius 3 is 2.58 bits per heavy atom. The Morgan fingerprint density at radius 1 is 1.04 bits per heavy atom. The van der Waals surface area contributed by atoms with Crippen LogP contribution in [0.1, 0.15) is 15.9 Å². The number of oxazole rings is 1. The van der Waals surface area contributed by atoms with Crippen molar-refractivity contribution in [3.8, 4) is 11.5 Å². The number of rotatable bonds is 3. The Labute approximate surface area is 149 Å². The van der Waals surface area contributed by atoms with Gasteiger partial charge >= 0.3 is 0 Å². The molecule has 4 nitrogen and oxygen atoms in total. The lowest BCUT2D eigenvalue weighted by molar-refractivity contribution is 0.102. The van der Waals surface area contributed by atoms with Gasteiger partial charge in [-0.15, -0.1) is 0 Å². The second-order valence-electron chi connectivity index (χ2n) is 5.98. The number of fused-ring (bicyclic) bond motifs is 1. The van der Waals surface area contributed by atoms with Crippen molar-refractivity contribution in [2.24, 2.45) is 0 Å². The van der Waals surface area contributed by atoms with Crippen LogP contribution in [0.5, 0.6) is 0 Å². The largest absolute Gasteiger partial charge is 0.436 e. The maximum atomic E-state index is 13.0. The van der Waals surface area contributed by atoms with E-state index < -0.39 is 0 Å². The van der Waals surface area contributed by atoms with Gasteiger partial charge in [-0.25, -0.2) is 9.37 Å². The van der Waals surface area contributed by atoms with E-state index in [1.165, 1.54) is 24.3 Å². The predicted octanol–water partition coefficient (Wildman–Crippen LogP) is 5.19. The van der Waals surface area contributed by atoms with E-state index in [0.29, 0.717) is 28.2 Å². The molecule has 0 radical (unpaired) electrons. The van der Waals surface area contributed by atoms with Crippen molar-refractivity contribution in [2.75, 3.05) is 5.32 Å². The minimum Gasteiger partial charge on any atom is -0.436 e. The Hall–Kier alpha value is -3.47. The van der Waals surface area contributed by atoms with E-state index in [2.05, 4.69) is 10.3 Å². The van der Waals surface area contributed by atoms with E-state index in [9.17, 15) is 9.18 Å². The van der Waals surface area contributed by atoms with Gasteiger partial charge in [0.1, 0.15) is 11.3 Å². The number of halogens is 1. The minimum absolute atomic E-state index is 0.313. The fraction of sp³-hybridized carbons (Fsp3) is 0.0476. The van der Waals surface area contributed by atoms with Crippen LogP contribution in [0.25, 0.3) is 22.6 Å². The second-order valence-corrected chi connectivity index (χ2v) is 5.98. The third-order valence-corrected chi connectivity index (χ3v) is 4.13. The summed E-state index contributed by atoms with van der Waals surface area (Å²) >= 11 is 0. The first-order valence-corrected chi connectivity index (χ1v) is 8.14. The first-order chi connectivity index (χ1) is 12.6. The summed E-state index contributed by atoms with van der Waals surface area (Å²) in [6.45, 7) is 2.00. The Bertz CT molecular complexity index is 1100. The molecule has 0 saturated carbocycles. The molecule has 0 saturated heterocycles. The van der Waals surface area contributed by atoms with Crippen molar-refractivity contribution < 1.29 is 13.6 Å². The summed E-state index contributed by atoms with van der Waals surface area (Å²) in [7, 11) is 0. The van der Waals surface area contributed by atoms with Gasteiger partial charge in [-0.2, -0.15) is 0 Å². The second kappa shape index (κ2) is 6.44. The monoisotopic (exact) mass is 346 g/mol. The van der Waals surface area contributed by atoms with Crippen molar-refractivity contribution in [3.63, 3.8) is 0 Å². The molecular formula is C21H15FN2O2. The number of aromatic nitrogens is 1. The summed E-state index contributed by atoms with van der Waals surface area (Å²) in [4.78, 5) is 16.8. The number of nitrogens with zero attached hydrogens (tertiary/aromatic N) is 1. The predicted molar refractivity (Wildman–Crippen MR) is 98.5 cm³/mol. The molecule has 128 valence electrons. The first-order valence-electron chi connectivity index (χ1n) is 8.14. The molecule has 0 aliphatic heterocycles. The molecule has 4 aromatic rings. The van der Waals surface area contributed by atoms with Crippen LogP contribution in [0.4, 0.5) is 10.1 Å². The quantitative estimate of drug-likeness (QED) is 0.555. The highest BCUT2D eigenvalue weighted by molar-refractivity contribution is 6.04. The standard InChI is InChI=1S/C21H15FN2O2/c1-13-4-2-3-5-17(13)21-24-18-12-16(10-11-19(18)26-21)23-20(25)14-6-8-15(22)9-7-14/h2-12H,1H3,(H,23,25). The molecule has 5 heteroatoms. The number of aryl methyl sites for hydroxylation is 1. The number of carbonyl (C=O) groups is 1. The van der Waals surface area contributed by atoms with Gasteiger partial charge in [-0.1, -0.05) is 18.2 Å². The highest BCUT2D eigenvalue weighted by Crippen LogP contribution is 2.28. The molecular weight excluding hydrogens is 331 g/mol. The number of anilines is 1. The van der Waals surface area contributed by atoms with Crippen molar-refractivity contribution in [2.45, 2.75) is 6.92 Å². The fourth-order valence-electron chi connectivity index (χ4n) is 2.74. The SMILES string of the molecule is Cc1ccccc1-c1nc2cc(NC(=O)c3ccc(F)cc3)ccc2o1. The van der Waals surface area contributed by atoms with E-state index in [1.807, 2.05) is 31.2 Å². The maximum absolute atomic E-state index is 13.0. The Balaban J connectivity index is 1.62. The number of hydrogen-bond donors (Lipinski definition) is 1. The van der Waals surface area contributed by atoms with Crippen molar-refractivity contribution >= 4 is 22.7 Å². The number of benzene rings is 3. The smallest absolute Gasteiger partial charge is 0.255 e. The van der Waals surface area contributed by atoms with Gasteiger partial charge in [0.2, 0.25) is 5.89 Å². The molecule has 1 aromatic heterocycles. The highest BCUT2D eigenvalue weighted by atomic mass is 19.1. The zero-order valence-electron chi connectivity index (χ0n) is 14.0. The van der Waals surface area contributed by atoms with E-state index >= 15 is 0 Å². The summed E-state index contributed by atoms with van der Waals surface area (Å²) in [6, 6.07) is 18.5. The Morgan fingerprint density at radius 2 is 1.81 bits per heavy atom. The lowest BCUT2D eigenvalue weighted by Gasteiger charge is -2.04. The van der Waals surface area contributed by atoms with Gasteiger partial charge in [0, 0.05) is 16.8 Å². The van der Waals surface area contributed by atoms with Gasteiger partial charge in [0.15, 0.2) is 5.58 Å². The summed E-state index contributed by atoms with van der Waals surface area (Å²) in [5.74, 6) is -0.151. The zero-order valence-corrected chi connectivity index (χ0v) is 14.0. The summed E-state index contributed by atoms with van der Waals surface area (Å²) in [5, 5.41) is 2.79. The van der Waals surface area contributed by atoms with E-state index in [4.69, 9.17) is 4.42 Å². The highest BCUT2D eigenvalue weighted by Gasteiger charge is 2.12. The van der Waals surface area contributed by atoms with Crippen LogP contribution in [-0.4, -0.2) is 10.9 Å². The van der Waals surface area contributed by atoms with Crippen LogP contribution < -0.4 is 5.32 Å². The van der Waals surface area contributed by atoms with E-state index in [0.717, 1.165) is 11.1 Å². The molecule has 0 unspecified atom stereocenters. The molecule has 1 heterocycles. The summed E-state index contributed by atoms with van der Waals surface area (Å²) < 4.78 is 18.8. The summed E-state index contributed by atoms with van der Waals surface area (Å²) in [6.07, 6.45) is 0. The molecule has 0 fully saturated rings. The molecule has 1 amide bonds. The van der Waals surface area contributed by atoms with Crippen LogP contribution in [-0.2, 0) is 0 Å². The van der Waals surface area contributed by atoms with Crippen LogP contribution in [0.3, 0.4) is 0 Å². The number of nitrogens with one attached hydrogen (secondary N) is 1. The van der Waals surface area contributed by atoms with Gasteiger partial charge in [-0.05, 0) is 61.0 Å². The molecule has 0 bridgehead atoms. The van der Waals surface area contributed by atoms with E-state index in [-0.39, 0.29) is 11.7 Å². The molecule has 26 heavy (non-hydrogen) atoms. The summed E-state index contributed by atoms with van der Waals surface area (Å²) in [5.41, 5.74) is 4.27. The number of carbonyl (C=O) groups excluding carboxylic acids is 1. The molecule has 0 aliphatic carbocycles. The van der Waals surface area contributed by atoms with Crippen molar-refractivity contribution in [1.29, 1.82) is 0 Å². The van der Waals surface area contributed by atoms with Crippen molar-refractivity contribution in [3.05, 3.63) is 83.7 Å². The lowest BCUT2D eigenvalue weighted by Crippen LogP contribution is -2.11. The normalized spacial score (nSPS) is 10.8. The van der Waals surface area contributed by atoms with Crippen LogP contribution >= 0.6 is 0 Å². The fourth-order valence-corrected chi connectivity index (χ4v) is 2.74. The molecule has 0 spiro atoms. The third-order valence-electron chi connectivity index (χ3n) is 4.13. The van der Waals surface area contributed by atoms with Gasteiger partial charge in [0.25, 0.3) is 5.91 Å². The van der Waals surface area contributed by atoms with E-state index in [1.54, 1.807) is 18.2 Å². The molecule has 3 aromatic carbocycles. The van der Waals surface area contributed by atoms with Crippen LogP contribution in [0.15, 0.2) is 71.1 Å². The number of hydrogen-bond acceptors (Lipinski definition) is 3. The van der Waals surface area contributed by atoms with Gasteiger partial charge in [0.05, 0.1) is 0 Å². The van der Waals surface area contributed by atoms with Crippen molar-refractivity contribution in [1.82, 2.24) is 4.98 Å². The average molecular weight is 346 g/mol. The van der Waals surface area contributed by atoms with Gasteiger partial charge in [-0.3, -0.25) is 4.79 Å². The Kier molecular flexibility index (Phi) is 3.97. The van der Waals surface area contributed by atoms with Gasteiger partial charge < -0.3 is 9.73 Å².